The first-order valence-corrected chi connectivity index (χ1v) is 30.5. The first-order chi connectivity index (χ1) is 27.3. The molecule has 0 bridgehead atoms. The number of hydrogen-bond donors (Lipinski definition) is 0. The van der Waals surface area contributed by atoms with Crippen LogP contribution in [0.3, 0.4) is 0 Å². The van der Waals surface area contributed by atoms with Gasteiger partial charge in [-0.05, 0) is 96.7 Å². The summed E-state index contributed by atoms with van der Waals surface area (Å²) in [5.74, 6) is 0.684. The number of thioether (sulfide) groups is 1. The van der Waals surface area contributed by atoms with Crippen LogP contribution in [0.5, 0.6) is 0 Å². The minimum absolute atomic E-state index is 0.125. The molecule has 58 heavy (non-hydrogen) atoms. The van der Waals surface area contributed by atoms with Crippen LogP contribution in [0.25, 0.3) is 33.4 Å². The van der Waals surface area contributed by atoms with E-state index in [2.05, 4.69) is 73.3 Å². The molecule has 0 amide bonds. The summed E-state index contributed by atoms with van der Waals surface area (Å²) >= 11 is 7.43. The zero-order valence-corrected chi connectivity index (χ0v) is 39.9. The normalized spacial score (nSPS) is 12.7. The highest BCUT2D eigenvalue weighted by atomic mass is 35.5. The number of sulfone groups is 1. The Hall–Kier alpha value is -3.10. The lowest BCUT2D eigenvalue weighted by Crippen LogP contribution is -2.46. The van der Waals surface area contributed by atoms with E-state index < -0.39 is 41.5 Å². The number of alkyl halides is 1. The lowest BCUT2D eigenvalue weighted by atomic mass is 9.93. The van der Waals surface area contributed by atoms with Gasteiger partial charge in [0.2, 0.25) is 5.36 Å². The van der Waals surface area contributed by atoms with Crippen LogP contribution in [0.15, 0.2) is 86.4 Å². The third-order valence-electron chi connectivity index (χ3n) is 10.2. The predicted octanol–water partition coefficient (Wildman–Crippen LogP) is 8.61. The Kier molecular flexibility index (Phi) is 15.1. The summed E-state index contributed by atoms with van der Waals surface area (Å²) in [6, 6.07) is 16.1. The fraction of sp³-hybridized carbons (Fsp3) is 0.439. The second-order valence-corrected chi connectivity index (χ2v) is 29.4. The van der Waals surface area contributed by atoms with Gasteiger partial charge >= 0.3 is 0 Å². The van der Waals surface area contributed by atoms with Crippen molar-refractivity contribution >= 4 is 76.6 Å². The zero-order chi connectivity index (χ0) is 42.5. The third kappa shape index (κ3) is 11.2. The number of nitrogens with zero attached hydrogens (tertiary/aromatic N) is 4. The number of halogens is 1. The molecule has 17 heteroatoms. The Bertz CT molecular complexity index is 2490. The maximum absolute atomic E-state index is 13.8. The minimum atomic E-state index is -5.13. The number of unbranched alkanes of at least 4 members (excludes halogenated alkanes) is 1. The molecule has 1 aromatic heterocycles. The highest BCUT2D eigenvalue weighted by Crippen LogP contribution is 2.43. The fourth-order valence-electron chi connectivity index (χ4n) is 7.35. The van der Waals surface area contributed by atoms with Crippen LogP contribution < -0.4 is 14.8 Å². The zero-order valence-electron chi connectivity index (χ0n) is 34.7. The van der Waals surface area contributed by atoms with E-state index in [1.54, 1.807) is 24.2 Å². The molecule has 1 aliphatic carbocycles. The molecule has 5 rings (SSSR count). The first-order valence-electron chi connectivity index (χ1n) is 19.7. The van der Waals surface area contributed by atoms with Gasteiger partial charge in [0, 0.05) is 76.3 Å². The molecular weight excluding hydrogens is 848 g/mol. The molecule has 0 spiro atoms. The van der Waals surface area contributed by atoms with Gasteiger partial charge in [0.25, 0.3) is 0 Å². The monoisotopic (exact) mass is 902 g/mol. The van der Waals surface area contributed by atoms with Gasteiger partial charge in [-0.3, -0.25) is 0 Å². The Balaban J connectivity index is 1.42. The van der Waals surface area contributed by atoms with E-state index in [1.807, 2.05) is 36.4 Å². The lowest BCUT2D eigenvalue weighted by Gasteiger charge is -2.33. The van der Waals surface area contributed by atoms with E-state index in [9.17, 15) is 21.4 Å². The molecule has 2 aliphatic rings. The average molecular weight is 904 g/mol. The molecule has 2 aromatic carbocycles. The van der Waals surface area contributed by atoms with Gasteiger partial charge in [-0.1, -0.05) is 24.2 Å². The van der Waals surface area contributed by atoms with E-state index in [4.69, 9.17) is 20.1 Å². The molecule has 2 heterocycles. The summed E-state index contributed by atoms with van der Waals surface area (Å²) in [5.41, 5.74) is 3.53. The quantitative estimate of drug-likeness (QED) is 0.0115. The van der Waals surface area contributed by atoms with Crippen LogP contribution in [-0.2, 0) is 30.0 Å². The largest absolute Gasteiger partial charge is 0.744 e. The van der Waals surface area contributed by atoms with Gasteiger partial charge in [-0.2, -0.15) is 0 Å². The second kappa shape index (κ2) is 19.1. The maximum Gasteiger partial charge on any atom is 0.203 e. The Labute approximate surface area is 355 Å². The molecule has 0 unspecified atom stereocenters. The summed E-state index contributed by atoms with van der Waals surface area (Å²) in [6.45, 7) is 20.0. The first kappa shape index (κ1) is 46.0. The average Bonchev–Trinajstić information content (AvgIpc) is 3.18. The third-order valence-corrected chi connectivity index (χ3v) is 23.0. The summed E-state index contributed by atoms with van der Waals surface area (Å²) in [4.78, 5) is 10.1. The lowest BCUT2D eigenvalue weighted by molar-refractivity contribution is 0.463. The molecule has 11 nitrogen and oxygen atoms in total. The van der Waals surface area contributed by atoms with Crippen LogP contribution in [-0.4, -0.2) is 85.3 Å². The number of benzene rings is 3. The van der Waals surface area contributed by atoms with Crippen molar-refractivity contribution in [1.29, 1.82) is 0 Å². The fourth-order valence-corrected chi connectivity index (χ4v) is 20.1. The highest BCUT2D eigenvalue weighted by Gasteiger charge is 2.33. The summed E-state index contributed by atoms with van der Waals surface area (Å²) in [7, 11) is -13.3. The predicted molar refractivity (Wildman–Crippen MR) is 241 cm³/mol. The number of fused-ring (bicyclic) bond motifs is 2. The Morgan fingerprint density at radius 2 is 1.53 bits per heavy atom. The van der Waals surface area contributed by atoms with Crippen molar-refractivity contribution in [2.24, 2.45) is 0 Å². The molecule has 0 fully saturated rings. The topological polar surface area (TPSA) is 146 Å². The van der Waals surface area contributed by atoms with Crippen molar-refractivity contribution in [1.82, 2.24) is 14.5 Å². The van der Waals surface area contributed by atoms with Gasteiger partial charge in [-0.15, -0.1) is 11.6 Å². The van der Waals surface area contributed by atoms with Crippen molar-refractivity contribution < 1.29 is 29.9 Å². The van der Waals surface area contributed by atoms with Crippen molar-refractivity contribution in [2.45, 2.75) is 93.6 Å². The summed E-state index contributed by atoms with van der Waals surface area (Å²) in [5, 5.41) is 3.00. The molecular formula is C41H55ClN4O7S3Si2. The van der Waals surface area contributed by atoms with Crippen LogP contribution in [0.1, 0.15) is 46.1 Å². The molecule has 314 valence electrons. The van der Waals surface area contributed by atoms with Crippen LogP contribution in [0.2, 0.25) is 32.2 Å². The van der Waals surface area contributed by atoms with E-state index >= 15 is 0 Å². The maximum atomic E-state index is 13.8. The van der Waals surface area contributed by atoms with E-state index in [0.717, 1.165) is 60.3 Å². The van der Waals surface area contributed by atoms with Crippen molar-refractivity contribution in [3.63, 3.8) is 0 Å². The summed E-state index contributed by atoms with van der Waals surface area (Å²) < 4.78 is 82.1. The minimum Gasteiger partial charge on any atom is -0.744 e. The number of rotatable bonds is 19. The summed E-state index contributed by atoms with van der Waals surface area (Å²) in [6.07, 6.45) is 4.45. The van der Waals surface area contributed by atoms with E-state index in [1.165, 1.54) is 12.1 Å². The van der Waals surface area contributed by atoms with Crippen LogP contribution >= 0.6 is 23.4 Å². The van der Waals surface area contributed by atoms with Crippen LogP contribution in [0, 0.1) is 0 Å². The number of anilines is 1. The Morgan fingerprint density at radius 3 is 2.16 bits per heavy atom. The molecule has 0 radical (unpaired) electrons. The van der Waals surface area contributed by atoms with Crippen molar-refractivity contribution in [2.75, 3.05) is 42.2 Å². The standard InChI is InChI=1S/C41H55ClN4O7S3Si2/c1-9-45(10-2)31-15-18-34-37(23-31)52-38-24-32(46(11-3)12-4)16-19-35(38)40(34)36-20-17-33(25-39(36)56(49,50)51)55(47,48)21-13-14-22-57(5,6)53-58(7,8)29-54-41-43-27-30(26-42)28-44-41/h15-20,23-25,27-28H,9-14,21-22,26,29H2,1-8H3. The molecule has 0 atom stereocenters. The van der Waals surface area contributed by atoms with Gasteiger partial charge in [0.15, 0.2) is 31.6 Å². The van der Waals surface area contributed by atoms with Crippen molar-refractivity contribution in [3.05, 3.63) is 77.9 Å². The SMILES string of the molecule is CCN(CC)c1ccc2c(-c3ccc(S(=O)(=O)CCCC[Si](C)(C)O[Si](C)(C)CSc4ncc(CCl)cn4)cc3S(=O)(=O)[O-])c3ccc(=[N+](CC)CC)cc-3oc2c1. The molecule has 3 aromatic rings. The molecule has 1 aliphatic heterocycles. The number of hydrogen-bond acceptors (Lipinski definition) is 11. The van der Waals surface area contributed by atoms with Gasteiger partial charge < -0.3 is 18.0 Å². The number of aromatic nitrogens is 2. The molecule has 0 N–H and O–H groups in total. The molecule has 0 saturated carbocycles. The molecule has 0 saturated heterocycles. The highest BCUT2D eigenvalue weighted by molar-refractivity contribution is 8.00. The smallest absolute Gasteiger partial charge is 0.203 e. The van der Waals surface area contributed by atoms with Gasteiger partial charge in [0.1, 0.15) is 34.6 Å². The van der Waals surface area contributed by atoms with E-state index in [0.29, 0.717) is 51.7 Å². The van der Waals surface area contributed by atoms with E-state index in [-0.39, 0.29) is 16.2 Å². The second-order valence-electron chi connectivity index (χ2n) is 15.5. The Morgan fingerprint density at radius 1 is 0.862 bits per heavy atom. The van der Waals surface area contributed by atoms with Crippen molar-refractivity contribution in [3.8, 4) is 22.5 Å². The van der Waals surface area contributed by atoms with Crippen LogP contribution in [0.4, 0.5) is 5.69 Å². The van der Waals surface area contributed by atoms with Gasteiger partial charge in [0.05, 0.1) is 27.5 Å². The van der Waals surface area contributed by atoms with Gasteiger partial charge in [-0.25, -0.2) is 31.4 Å².